The lowest BCUT2D eigenvalue weighted by Gasteiger charge is -2.46. The van der Waals surface area contributed by atoms with Crippen molar-refractivity contribution in [1.29, 1.82) is 0 Å². The van der Waals surface area contributed by atoms with Gasteiger partial charge in [-0.25, -0.2) is 0 Å². The summed E-state index contributed by atoms with van der Waals surface area (Å²) in [6.45, 7) is 3.27. The first-order chi connectivity index (χ1) is 15.4. The summed E-state index contributed by atoms with van der Waals surface area (Å²) >= 11 is 18.7. The van der Waals surface area contributed by atoms with Gasteiger partial charge in [0.1, 0.15) is 18.1 Å². The molecule has 33 heavy (non-hydrogen) atoms. The number of carbonyl (C=O) groups excluding carboxylic acids is 3. The van der Waals surface area contributed by atoms with Crippen LogP contribution in [0.15, 0.2) is 35.2 Å². The molecule has 0 aliphatic carbocycles. The van der Waals surface area contributed by atoms with Crippen molar-refractivity contribution in [3.05, 3.63) is 30.3 Å². The molecule has 1 fully saturated rings. The van der Waals surface area contributed by atoms with Gasteiger partial charge in [-0.3, -0.25) is 19.7 Å². The van der Waals surface area contributed by atoms with Crippen molar-refractivity contribution in [3.63, 3.8) is 0 Å². The van der Waals surface area contributed by atoms with Crippen LogP contribution in [0.5, 0.6) is 0 Å². The summed E-state index contributed by atoms with van der Waals surface area (Å²) in [5.41, 5.74) is -0.855. The van der Waals surface area contributed by atoms with Gasteiger partial charge in [-0.1, -0.05) is 64.8 Å². The van der Waals surface area contributed by atoms with Crippen LogP contribution in [0.1, 0.15) is 20.8 Å². The highest BCUT2D eigenvalue weighted by Crippen LogP contribution is 2.37. The second-order valence-electron chi connectivity index (χ2n) is 7.06. The molecule has 6 atom stereocenters. The lowest BCUT2D eigenvalue weighted by molar-refractivity contribution is -0.214. The van der Waals surface area contributed by atoms with Gasteiger partial charge in [0.05, 0.1) is 6.04 Å². The number of nitrogens with one attached hydrogen (secondary N) is 1. The average Bonchev–Trinajstić information content (AvgIpc) is 2.70. The Morgan fingerprint density at radius 1 is 1.06 bits per heavy atom. The Hall–Kier alpha value is -1.27. The molecule has 0 radical (unpaired) electrons. The van der Waals surface area contributed by atoms with Crippen molar-refractivity contribution in [1.82, 2.24) is 5.32 Å². The van der Waals surface area contributed by atoms with Crippen LogP contribution >= 0.6 is 46.6 Å². The van der Waals surface area contributed by atoms with Crippen molar-refractivity contribution in [2.45, 2.75) is 65.5 Å². The third-order valence-electron chi connectivity index (χ3n) is 4.36. The minimum Gasteiger partial charge on any atom is -0.463 e. The second kappa shape index (κ2) is 12.4. The van der Waals surface area contributed by atoms with Gasteiger partial charge in [0.15, 0.2) is 18.4 Å². The van der Waals surface area contributed by atoms with E-state index in [4.69, 9.17) is 53.8 Å². The van der Waals surface area contributed by atoms with Crippen molar-refractivity contribution < 1.29 is 38.4 Å². The molecule has 1 aromatic rings. The summed E-state index contributed by atoms with van der Waals surface area (Å²) in [4.78, 5) is 35.9. The molecular weight excluding hydrogens is 521 g/mol. The number of esters is 3. The summed E-state index contributed by atoms with van der Waals surface area (Å²) in [5, 5.41) is 13.1. The Morgan fingerprint density at radius 2 is 1.64 bits per heavy atom. The smallest absolute Gasteiger partial charge is 0.303 e. The van der Waals surface area contributed by atoms with Gasteiger partial charge in [0.25, 0.3) is 0 Å². The first-order valence-corrected chi connectivity index (χ1v) is 11.8. The molecule has 0 spiro atoms. The van der Waals surface area contributed by atoms with Gasteiger partial charge in [-0.2, -0.15) is 0 Å². The second-order valence-corrected chi connectivity index (χ2v) is 10.6. The van der Waals surface area contributed by atoms with E-state index >= 15 is 0 Å². The fraction of sp³-hybridized carbons (Fsp3) is 0.550. The van der Waals surface area contributed by atoms with Crippen molar-refractivity contribution >= 4 is 64.5 Å². The van der Waals surface area contributed by atoms with Crippen molar-refractivity contribution in [2.75, 3.05) is 6.61 Å². The van der Waals surface area contributed by atoms with Crippen LogP contribution in [0.3, 0.4) is 0 Å². The third-order valence-corrected chi connectivity index (χ3v) is 6.16. The number of hydrogen-bond acceptors (Lipinski definition) is 10. The molecule has 0 bridgehead atoms. The number of benzene rings is 1. The van der Waals surface area contributed by atoms with Crippen LogP contribution in [0.25, 0.3) is 0 Å². The number of halogens is 3. The highest BCUT2D eigenvalue weighted by Gasteiger charge is 2.52. The highest BCUT2D eigenvalue weighted by atomic mass is 35.6. The topological polar surface area (TPSA) is 120 Å². The van der Waals surface area contributed by atoms with Gasteiger partial charge >= 0.3 is 17.9 Å². The molecule has 0 aromatic heterocycles. The molecule has 13 heteroatoms. The van der Waals surface area contributed by atoms with Crippen LogP contribution in [-0.2, 0) is 33.3 Å². The van der Waals surface area contributed by atoms with E-state index in [2.05, 4.69) is 5.32 Å². The first-order valence-electron chi connectivity index (χ1n) is 9.74. The Labute approximate surface area is 210 Å². The van der Waals surface area contributed by atoms with E-state index in [-0.39, 0.29) is 6.61 Å². The van der Waals surface area contributed by atoms with E-state index in [1.165, 1.54) is 25.6 Å². The fourth-order valence-corrected chi connectivity index (χ4v) is 4.44. The molecule has 0 amide bonds. The number of aliphatic hydroxyl groups excluding tert-OH is 1. The zero-order valence-corrected chi connectivity index (χ0v) is 21.0. The number of thioether (sulfide) groups is 1. The summed E-state index contributed by atoms with van der Waals surface area (Å²) in [5.74, 6) is -1.96. The minimum absolute atomic E-state index is 0.281. The highest BCUT2D eigenvalue weighted by molar-refractivity contribution is 7.99. The number of carbonyl (C=O) groups is 3. The largest absolute Gasteiger partial charge is 0.463 e. The molecule has 1 saturated heterocycles. The number of aliphatic hydroxyl groups is 1. The molecule has 6 unspecified atom stereocenters. The molecule has 184 valence electrons. The van der Waals surface area contributed by atoms with Gasteiger partial charge in [-0.15, -0.1) is 0 Å². The number of alkyl halides is 3. The fourth-order valence-electron chi connectivity index (χ4n) is 3.09. The maximum Gasteiger partial charge on any atom is 0.303 e. The lowest BCUT2D eigenvalue weighted by Crippen LogP contribution is -2.67. The third kappa shape index (κ3) is 8.79. The maximum absolute atomic E-state index is 11.9. The summed E-state index contributed by atoms with van der Waals surface area (Å²) in [7, 11) is 0. The van der Waals surface area contributed by atoms with Crippen molar-refractivity contribution in [2.24, 2.45) is 0 Å². The lowest BCUT2D eigenvalue weighted by atomic mass is 9.97. The van der Waals surface area contributed by atoms with Gasteiger partial charge < -0.3 is 24.1 Å². The standard InChI is InChI=1S/C20H24Cl3NO8S/c1-10(25)29-9-14-16(30-11(2)26)17(31-12(3)27)15(24-19(28)20(21,22)23)18(32-14)33-13-7-5-4-6-8-13/h4-8,14-19,24,28H,9H2,1-3H3. The molecular formula is C20H24Cl3NO8S. The molecule has 1 heterocycles. The van der Waals surface area contributed by atoms with E-state index in [0.717, 1.165) is 11.8 Å². The molecule has 2 rings (SSSR count). The SMILES string of the molecule is CC(=O)OCC1OC(Sc2ccccc2)C(NC(O)C(Cl)(Cl)Cl)C(OC(C)=O)C1OC(C)=O. The maximum atomic E-state index is 11.9. The molecule has 1 aliphatic rings. The summed E-state index contributed by atoms with van der Waals surface area (Å²) in [6, 6.07) is 8.07. The Morgan fingerprint density at radius 3 is 2.15 bits per heavy atom. The summed E-state index contributed by atoms with van der Waals surface area (Å²) < 4.78 is 19.9. The van der Waals surface area contributed by atoms with Crippen LogP contribution in [-0.4, -0.2) is 69.4 Å². The van der Waals surface area contributed by atoms with Crippen LogP contribution < -0.4 is 5.32 Å². The zero-order chi connectivity index (χ0) is 24.8. The number of ether oxygens (including phenoxy) is 4. The predicted octanol–water partition coefficient (Wildman–Crippen LogP) is 2.58. The van der Waals surface area contributed by atoms with E-state index in [9.17, 15) is 19.5 Å². The summed E-state index contributed by atoms with van der Waals surface area (Å²) in [6.07, 6.45) is -5.08. The van der Waals surface area contributed by atoms with E-state index < -0.39 is 57.7 Å². The van der Waals surface area contributed by atoms with E-state index in [1.54, 1.807) is 0 Å². The molecule has 1 aromatic carbocycles. The Kier molecular flexibility index (Phi) is 10.5. The van der Waals surface area contributed by atoms with Crippen LogP contribution in [0.4, 0.5) is 0 Å². The quantitative estimate of drug-likeness (QED) is 0.219. The number of hydrogen-bond donors (Lipinski definition) is 2. The van der Waals surface area contributed by atoms with E-state index in [0.29, 0.717) is 0 Å². The monoisotopic (exact) mass is 543 g/mol. The van der Waals surface area contributed by atoms with Gasteiger partial charge in [0.2, 0.25) is 3.79 Å². The van der Waals surface area contributed by atoms with Crippen LogP contribution in [0.2, 0.25) is 0 Å². The molecule has 1 aliphatic heterocycles. The molecule has 0 saturated carbocycles. The predicted molar refractivity (Wildman–Crippen MR) is 122 cm³/mol. The van der Waals surface area contributed by atoms with Gasteiger partial charge in [0, 0.05) is 25.7 Å². The van der Waals surface area contributed by atoms with Crippen molar-refractivity contribution in [3.8, 4) is 0 Å². The minimum atomic E-state index is -2.13. The van der Waals surface area contributed by atoms with Gasteiger partial charge in [-0.05, 0) is 12.1 Å². The van der Waals surface area contributed by atoms with Crippen LogP contribution in [0, 0.1) is 0 Å². The zero-order valence-electron chi connectivity index (χ0n) is 17.9. The average molecular weight is 545 g/mol. The normalized spacial score (nSPS) is 26.2. The molecule has 9 nitrogen and oxygen atoms in total. The molecule has 2 N–H and O–H groups in total. The Balaban J connectivity index is 2.48. The van der Waals surface area contributed by atoms with E-state index in [1.807, 2.05) is 30.3 Å². The Bertz CT molecular complexity index is 825. The number of rotatable bonds is 8. The first kappa shape index (κ1) is 28.0.